The van der Waals surface area contributed by atoms with Gasteiger partial charge < -0.3 is 19.6 Å². The molecule has 18 rings (SSSR count). The van der Waals surface area contributed by atoms with Gasteiger partial charge in [-0.1, -0.05) is 216 Å². The van der Waals surface area contributed by atoms with Gasteiger partial charge in [-0.15, -0.1) is 0 Å². The number of aryl methyl sites for hydroxylation is 1. The van der Waals surface area contributed by atoms with E-state index in [0.717, 1.165) is 138 Å². The first kappa shape index (κ1) is 71.3. The lowest BCUT2D eigenvalue weighted by Gasteiger charge is -2.30. The molecule has 0 aliphatic carbocycles. The fourth-order valence-electron chi connectivity index (χ4n) is 15.8. The molecule has 0 aliphatic heterocycles. The van der Waals surface area contributed by atoms with E-state index in [4.69, 9.17) is 0 Å². The Kier molecular flexibility index (Phi) is 19.4. The second kappa shape index (κ2) is 30.4. The molecule has 0 radical (unpaired) electrons. The molecule has 112 heavy (non-hydrogen) atoms. The second-order valence-electron chi connectivity index (χ2n) is 29.2. The maximum atomic E-state index is 15.6. The van der Waals surface area contributed by atoms with Crippen molar-refractivity contribution in [2.24, 2.45) is 0 Å². The van der Waals surface area contributed by atoms with Crippen LogP contribution >= 0.6 is 0 Å². The number of hydrogen-bond donors (Lipinski definition) is 0. The van der Waals surface area contributed by atoms with Crippen LogP contribution in [-0.2, 0) is 0 Å². The minimum Gasteiger partial charge on any atom is -0.310 e. The van der Waals surface area contributed by atoms with E-state index < -0.39 is 0 Å². The van der Waals surface area contributed by atoms with Crippen molar-refractivity contribution in [1.29, 1.82) is 0 Å². The molecule has 0 bridgehead atoms. The van der Waals surface area contributed by atoms with Gasteiger partial charge >= 0.3 is 0 Å². The zero-order valence-electron chi connectivity index (χ0n) is 62.5. The number of anilines is 12. The molecule has 544 valence electrons. The zero-order chi connectivity index (χ0) is 76.7. The van der Waals surface area contributed by atoms with Gasteiger partial charge in [0.05, 0.1) is 22.7 Å². The smallest absolute Gasteiger partial charge is 0.125 e. The summed E-state index contributed by atoms with van der Waals surface area (Å²) in [5, 5.41) is 10.7. The normalized spacial score (nSPS) is 11.5. The van der Waals surface area contributed by atoms with Crippen molar-refractivity contribution < 1.29 is 22.0 Å². The van der Waals surface area contributed by atoms with Crippen molar-refractivity contribution in [1.82, 2.24) is 0 Å². The fourth-order valence-corrected chi connectivity index (χ4v) is 15.8. The summed E-state index contributed by atoms with van der Waals surface area (Å²) < 4.78 is 76.3. The summed E-state index contributed by atoms with van der Waals surface area (Å²) in [7, 11) is 0. The Bertz CT molecular complexity index is 6530. The third kappa shape index (κ3) is 14.0. The van der Waals surface area contributed by atoms with Gasteiger partial charge in [0.1, 0.15) is 29.1 Å². The predicted octanol–water partition coefficient (Wildman–Crippen LogP) is 30.8. The van der Waals surface area contributed by atoms with Crippen molar-refractivity contribution in [2.75, 3.05) is 19.6 Å². The Morgan fingerprint density at radius 3 is 0.768 bits per heavy atom. The lowest BCUT2D eigenvalue weighted by Crippen LogP contribution is -2.12. The first-order valence-corrected chi connectivity index (χ1v) is 37.8. The van der Waals surface area contributed by atoms with Gasteiger partial charge in [-0.2, -0.15) is 0 Å². The summed E-state index contributed by atoms with van der Waals surface area (Å²) in [6.45, 7) is 10.9. The van der Waals surface area contributed by atoms with E-state index in [1.54, 1.807) is 42.5 Å². The molecule has 0 amide bonds. The molecular weight excluding hydrogens is 1390 g/mol. The van der Waals surface area contributed by atoms with Crippen LogP contribution in [0.15, 0.2) is 364 Å². The molecule has 0 heterocycles. The van der Waals surface area contributed by atoms with Crippen LogP contribution in [0.3, 0.4) is 0 Å². The second-order valence-corrected chi connectivity index (χ2v) is 29.2. The highest BCUT2D eigenvalue weighted by Crippen LogP contribution is 2.52. The summed E-state index contributed by atoms with van der Waals surface area (Å²) in [6, 6.07) is 117. The van der Waals surface area contributed by atoms with E-state index in [-0.39, 0.29) is 29.1 Å². The maximum absolute atomic E-state index is 15.6. The molecule has 0 N–H and O–H groups in total. The molecule has 18 aromatic carbocycles. The van der Waals surface area contributed by atoms with Crippen LogP contribution in [0, 0.1) is 36.0 Å². The molecule has 0 atom stereocenters. The van der Waals surface area contributed by atoms with E-state index in [1.165, 1.54) is 53.6 Å². The van der Waals surface area contributed by atoms with Gasteiger partial charge in [-0.3, -0.25) is 0 Å². The third-order valence-corrected chi connectivity index (χ3v) is 21.3. The van der Waals surface area contributed by atoms with Crippen LogP contribution in [0.25, 0.3) is 86.9 Å². The van der Waals surface area contributed by atoms with Gasteiger partial charge in [0.25, 0.3) is 0 Å². The quantitative estimate of drug-likeness (QED) is 0.0706. The summed E-state index contributed by atoms with van der Waals surface area (Å²) in [5.41, 5.74) is 17.9. The van der Waals surface area contributed by atoms with Crippen LogP contribution in [0.1, 0.15) is 56.2 Å². The van der Waals surface area contributed by atoms with E-state index >= 15 is 17.6 Å². The zero-order valence-corrected chi connectivity index (χ0v) is 62.5. The summed E-state index contributed by atoms with van der Waals surface area (Å²) >= 11 is 0. The maximum Gasteiger partial charge on any atom is 0.125 e. The standard InChI is InChI=1S/C54H35F3N2.C49H42F2N2/c55-40-15-9-17-45(31-40)58(43-26-21-38(22-27-43)36-11-3-1-4-12-36)53-35-52-50-33-42(57)25-30-49(50)54(34-51(52)47-19-7-8-20-48(47)53)59(46-18-10-16-41(56)32-46)44-28-23-39(24-29-44)37-13-5-2-6-14-37;1-31(2)34-16-21-38(22-17-34)52(40-12-8-10-33(5)26-40)48-30-47-45-28-37(51)20-25-44(45)49(29-46(47)42-14-6-7-15-43(42)48)53(41-13-9-11-36(50)27-41)39-23-18-35(19-24-39)32(3)4/h1-35H;6-32H,1-5H3. The SMILES string of the molecule is Cc1cccc(N(c2ccc(C(C)C)cc2)c2cc3c4cc(F)ccc4c(N(c4ccc(C(C)C)cc4)c4cccc(F)c4)cc3c3ccccc23)c1.Fc1cccc(N(c2ccc(-c3ccccc3)cc2)c2cc3c4cc(F)ccc4c(N(c4ccc(-c5ccccc5)cc4)c4cccc(F)c4)cc3c3ccccc23)c1. The van der Waals surface area contributed by atoms with E-state index in [2.05, 4.69) is 231 Å². The van der Waals surface area contributed by atoms with Gasteiger partial charge in [-0.05, 0) is 277 Å². The topological polar surface area (TPSA) is 13.0 Å². The first-order valence-electron chi connectivity index (χ1n) is 37.8. The Morgan fingerprint density at radius 1 is 0.188 bits per heavy atom. The molecule has 9 heteroatoms. The molecule has 0 fully saturated rings. The summed E-state index contributed by atoms with van der Waals surface area (Å²) in [6.07, 6.45) is 0. The minimum atomic E-state index is -0.381. The highest BCUT2D eigenvalue weighted by molar-refractivity contribution is 6.26. The van der Waals surface area contributed by atoms with Crippen molar-refractivity contribution in [3.8, 4) is 22.3 Å². The van der Waals surface area contributed by atoms with Crippen LogP contribution in [-0.4, -0.2) is 0 Å². The number of fused-ring (bicyclic) bond motifs is 10. The van der Waals surface area contributed by atoms with Crippen LogP contribution in [0.2, 0.25) is 0 Å². The fraction of sp³-hybridized carbons (Fsp3) is 0.0680. The highest BCUT2D eigenvalue weighted by Gasteiger charge is 2.27. The Morgan fingerprint density at radius 2 is 0.446 bits per heavy atom. The monoisotopic (exact) mass is 1460 g/mol. The van der Waals surface area contributed by atoms with Crippen molar-refractivity contribution in [3.05, 3.63) is 410 Å². The number of nitrogens with zero attached hydrogens (tertiary/aromatic N) is 4. The minimum absolute atomic E-state index is 0.316. The molecule has 0 saturated heterocycles. The van der Waals surface area contributed by atoms with Crippen LogP contribution in [0.4, 0.5) is 90.2 Å². The molecule has 0 saturated carbocycles. The molecule has 0 unspecified atom stereocenters. The average Bonchev–Trinajstić information content (AvgIpc) is 0.728. The molecule has 0 spiro atoms. The number of hydrogen-bond acceptors (Lipinski definition) is 4. The highest BCUT2D eigenvalue weighted by atomic mass is 19.1. The summed E-state index contributed by atoms with van der Waals surface area (Å²) in [5.74, 6) is -0.968. The van der Waals surface area contributed by atoms with Gasteiger partial charge in [0.2, 0.25) is 0 Å². The molecule has 4 nitrogen and oxygen atoms in total. The van der Waals surface area contributed by atoms with Crippen molar-refractivity contribution in [2.45, 2.75) is 46.5 Å². The first-order chi connectivity index (χ1) is 54.6. The van der Waals surface area contributed by atoms with Crippen molar-refractivity contribution >= 4 is 133 Å². The van der Waals surface area contributed by atoms with E-state index in [1.807, 2.05) is 102 Å². The lowest BCUT2D eigenvalue weighted by atomic mass is 9.93. The summed E-state index contributed by atoms with van der Waals surface area (Å²) in [4.78, 5) is 8.50. The van der Waals surface area contributed by atoms with Crippen LogP contribution in [0.5, 0.6) is 0 Å². The Hall–Kier alpha value is -13.6. The Labute approximate surface area is 649 Å². The largest absolute Gasteiger partial charge is 0.310 e. The van der Waals surface area contributed by atoms with E-state index in [9.17, 15) is 4.39 Å². The van der Waals surface area contributed by atoms with Gasteiger partial charge in [0, 0.05) is 67.0 Å². The Balaban J connectivity index is 0.000000164. The molecule has 0 aliphatic rings. The molecule has 0 aromatic heterocycles. The van der Waals surface area contributed by atoms with Gasteiger partial charge in [-0.25, -0.2) is 22.0 Å². The van der Waals surface area contributed by atoms with E-state index in [0.29, 0.717) is 34.3 Å². The number of benzene rings is 18. The lowest BCUT2D eigenvalue weighted by molar-refractivity contribution is 0.627. The van der Waals surface area contributed by atoms with Gasteiger partial charge in [0.15, 0.2) is 0 Å². The molecule has 18 aromatic rings. The average molecular weight is 1470 g/mol. The van der Waals surface area contributed by atoms with Crippen LogP contribution < -0.4 is 19.6 Å². The number of halogens is 5. The third-order valence-electron chi connectivity index (χ3n) is 21.3. The van der Waals surface area contributed by atoms with Crippen molar-refractivity contribution in [3.63, 3.8) is 0 Å². The molecular formula is C103H77F5N4. The number of rotatable bonds is 16. The predicted molar refractivity (Wildman–Crippen MR) is 460 cm³/mol.